The van der Waals surface area contributed by atoms with Crippen LogP contribution in [-0.2, 0) is 22.4 Å². The summed E-state index contributed by atoms with van der Waals surface area (Å²) in [6.07, 6.45) is 5.85. The van der Waals surface area contributed by atoms with Crippen LogP contribution in [0.4, 0.5) is 0 Å². The molecule has 1 fully saturated rings. The van der Waals surface area contributed by atoms with Crippen LogP contribution in [0.3, 0.4) is 0 Å². The number of nitrogens with one attached hydrogen (secondary N) is 1. The van der Waals surface area contributed by atoms with E-state index in [0.29, 0.717) is 4.88 Å². The van der Waals surface area contributed by atoms with Crippen LogP contribution in [0, 0.1) is 5.92 Å². The van der Waals surface area contributed by atoms with Crippen molar-refractivity contribution >= 4 is 23.2 Å². The van der Waals surface area contributed by atoms with E-state index in [0.717, 1.165) is 31.6 Å². The minimum atomic E-state index is -0.726. The summed E-state index contributed by atoms with van der Waals surface area (Å²) in [6, 6.07) is 2.25. The standard InChI is InChI=1S/C17H23NO3S/c1-3-11-4-7-14-12(8-11)9-15(22-14)17(20)21-10(2)16(19)18-13-5-6-13/h9-11,13H,3-8H2,1-2H3,(H,18,19)/t10-,11-/m0/s1. The van der Waals surface area contributed by atoms with Crippen molar-refractivity contribution in [3.63, 3.8) is 0 Å². The highest BCUT2D eigenvalue weighted by Gasteiger charge is 2.28. The number of amides is 1. The quantitative estimate of drug-likeness (QED) is 0.848. The van der Waals surface area contributed by atoms with E-state index in [-0.39, 0.29) is 17.9 Å². The second-order valence-electron chi connectivity index (χ2n) is 6.41. The van der Waals surface area contributed by atoms with Crippen molar-refractivity contribution < 1.29 is 14.3 Å². The zero-order chi connectivity index (χ0) is 15.7. The van der Waals surface area contributed by atoms with E-state index >= 15 is 0 Å². The number of hydrogen-bond acceptors (Lipinski definition) is 4. The molecule has 22 heavy (non-hydrogen) atoms. The molecule has 2 aliphatic carbocycles. The highest BCUT2D eigenvalue weighted by molar-refractivity contribution is 7.14. The van der Waals surface area contributed by atoms with Crippen LogP contribution in [0.1, 0.15) is 59.6 Å². The summed E-state index contributed by atoms with van der Waals surface area (Å²) in [5.41, 5.74) is 1.30. The predicted octanol–water partition coefficient (Wildman–Crippen LogP) is 3.09. The van der Waals surface area contributed by atoms with Gasteiger partial charge in [0, 0.05) is 10.9 Å². The summed E-state index contributed by atoms with van der Waals surface area (Å²) in [7, 11) is 0. The van der Waals surface area contributed by atoms with Crippen LogP contribution in [0.5, 0.6) is 0 Å². The maximum Gasteiger partial charge on any atom is 0.349 e. The second-order valence-corrected chi connectivity index (χ2v) is 7.54. The molecule has 1 aromatic rings. The fourth-order valence-electron chi connectivity index (χ4n) is 2.87. The van der Waals surface area contributed by atoms with Gasteiger partial charge in [-0.05, 0) is 56.6 Å². The molecule has 0 saturated heterocycles. The average molecular weight is 321 g/mol. The molecule has 1 N–H and O–H groups in total. The van der Waals surface area contributed by atoms with E-state index in [9.17, 15) is 9.59 Å². The Labute approximate surface area is 135 Å². The van der Waals surface area contributed by atoms with Gasteiger partial charge < -0.3 is 10.1 Å². The third-order valence-corrected chi connectivity index (χ3v) is 5.76. The van der Waals surface area contributed by atoms with Crippen molar-refractivity contribution in [3.05, 3.63) is 21.4 Å². The number of carbonyl (C=O) groups is 2. The third-order valence-electron chi connectivity index (χ3n) is 4.54. The van der Waals surface area contributed by atoms with Crippen LogP contribution in [0.15, 0.2) is 6.07 Å². The molecule has 5 heteroatoms. The maximum atomic E-state index is 12.2. The minimum absolute atomic E-state index is 0.191. The number of fused-ring (bicyclic) bond motifs is 1. The molecular weight excluding hydrogens is 298 g/mol. The van der Waals surface area contributed by atoms with E-state index in [1.807, 2.05) is 6.07 Å². The maximum absolute atomic E-state index is 12.2. The summed E-state index contributed by atoms with van der Waals surface area (Å²) in [6.45, 7) is 3.85. The van der Waals surface area contributed by atoms with Crippen molar-refractivity contribution in [1.82, 2.24) is 5.32 Å². The Morgan fingerprint density at radius 3 is 2.86 bits per heavy atom. The normalized spacial score (nSPS) is 21.8. The molecule has 0 bridgehead atoms. The Kier molecular flexibility index (Phi) is 4.52. The molecule has 2 atom stereocenters. The summed E-state index contributed by atoms with van der Waals surface area (Å²) in [4.78, 5) is 26.0. The van der Waals surface area contributed by atoms with E-state index in [1.54, 1.807) is 6.92 Å². The number of esters is 1. The number of rotatable bonds is 5. The molecule has 1 saturated carbocycles. The lowest BCUT2D eigenvalue weighted by Crippen LogP contribution is -2.36. The van der Waals surface area contributed by atoms with Gasteiger partial charge in [0.15, 0.2) is 6.10 Å². The van der Waals surface area contributed by atoms with Gasteiger partial charge in [-0.3, -0.25) is 4.79 Å². The van der Waals surface area contributed by atoms with Gasteiger partial charge in [0.25, 0.3) is 5.91 Å². The molecular formula is C17H23NO3S. The van der Waals surface area contributed by atoms with Crippen molar-refractivity contribution in [2.75, 3.05) is 0 Å². The molecule has 0 aliphatic heterocycles. The van der Waals surface area contributed by atoms with Gasteiger partial charge in [0.2, 0.25) is 0 Å². The van der Waals surface area contributed by atoms with Crippen molar-refractivity contribution in [2.24, 2.45) is 5.92 Å². The molecule has 0 spiro atoms. The average Bonchev–Trinajstić information content (AvgIpc) is 3.21. The Morgan fingerprint density at radius 2 is 2.18 bits per heavy atom. The van der Waals surface area contributed by atoms with Gasteiger partial charge in [-0.15, -0.1) is 11.3 Å². The minimum Gasteiger partial charge on any atom is -0.448 e. The Balaban J connectivity index is 1.60. The Bertz CT molecular complexity index is 576. The van der Waals surface area contributed by atoms with Crippen LogP contribution >= 0.6 is 11.3 Å². The van der Waals surface area contributed by atoms with Gasteiger partial charge in [0.05, 0.1) is 0 Å². The van der Waals surface area contributed by atoms with Crippen molar-refractivity contribution in [2.45, 2.75) is 64.5 Å². The first-order valence-corrected chi connectivity index (χ1v) is 9.01. The number of carbonyl (C=O) groups excluding carboxylic acids is 2. The fraction of sp³-hybridized carbons (Fsp3) is 0.647. The monoisotopic (exact) mass is 321 g/mol. The highest BCUT2D eigenvalue weighted by atomic mass is 32.1. The van der Waals surface area contributed by atoms with E-state index in [4.69, 9.17) is 4.74 Å². The molecule has 0 aromatic carbocycles. The van der Waals surface area contributed by atoms with Crippen molar-refractivity contribution in [3.8, 4) is 0 Å². The summed E-state index contributed by atoms with van der Waals surface area (Å²) in [5, 5.41) is 2.86. The lowest BCUT2D eigenvalue weighted by Gasteiger charge is -2.19. The Morgan fingerprint density at radius 1 is 1.41 bits per heavy atom. The fourth-order valence-corrected chi connectivity index (χ4v) is 3.96. The molecule has 120 valence electrons. The lowest BCUT2D eigenvalue weighted by molar-refractivity contribution is -0.129. The van der Waals surface area contributed by atoms with Crippen molar-refractivity contribution in [1.29, 1.82) is 0 Å². The van der Waals surface area contributed by atoms with Gasteiger partial charge in [0.1, 0.15) is 4.88 Å². The van der Waals surface area contributed by atoms with E-state index in [1.165, 1.54) is 34.6 Å². The van der Waals surface area contributed by atoms with Crippen LogP contribution in [0.25, 0.3) is 0 Å². The van der Waals surface area contributed by atoms with Crippen LogP contribution in [0.2, 0.25) is 0 Å². The summed E-state index contributed by atoms with van der Waals surface area (Å²) < 4.78 is 5.32. The topological polar surface area (TPSA) is 55.4 Å². The first-order chi connectivity index (χ1) is 10.6. The molecule has 1 heterocycles. The highest BCUT2D eigenvalue weighted by Crippen LogP contribution is 2.33. The van der Waals surface area contributed by atoms with Gasteiger partial charge in [-0.2, -0.15) is 0 Å². The number of thiophene rings is 1. The number of ether oxygens (including phenoxy) is 1. The number of aryl methyl sites for hydroxylation is 1. The lowest BCUT2D eigenvalue weighted by atomic mass is 9.87. The zero-order valence-electron chi connectivity index (χ0n) is 13.2. The first kappa shape index (κ1) is 15.5. The number of hydrogen-bond donors (Lipinski definition) is 1. The van der Waals surface area contributed by atoms with Gasteiger partial charge in [-0.1, -0.05) is 13.3 Å². The molecule has 2 aliphatic rings. The van der Waals surface area contributed by atoms with Crippen LogP contribution in [-0.4, -0.2) is 24.0 Å². The largest absolute Gasteiger partial charge is 0.448 e. The molecule has 4 nitrogen and oxygen atoms in total. The molecule has 0 unspecified atom stereocenters. The van der Waals surface area contributed by atoms with Gasteiger partial charge in [-0.25, -0.2) is 4.79 Å². The zero-order valence-corrected chi connectivity index (χ0v) is 14.0. The molecule has 0 radical (unpaired) electrons. The first-order valence-electron chi connectivity index (χ1n) is 8.19. The summed E-state index contributed by atoms with van der Waals surface area (Å²) in [5.74, 6) is 0.170. The van der Waals surface area contributed by atoms with E-state index < -0.39 is 6.10 Å². The SMILES string of the molecule is CC[C@H]1CCc2sc(C(=O)O[C@@H](C)C(=O)NC3CC3)cc2C1. The molecule has 3 rings (SSSR count). The Hall–Kier alpha value is -1.36. The smallest absolute Gasteiger partial charge is 0.349 e. The predicted molar refractivity (Wildman–Crippen MR) is 86.2 cm³/mol. The molecule has 1 amide bonds. The van der Waals surface area contributed by atoms with Gasteiger partial charge >= 0.3 is 5.97 Å². The van der Waals surface area contributed by atoms with Crippen LogP contribution < -0.4 is 5.32 Å². The summed E-state index contributed by atoms with van der Waals surface area (Å²) >= 11 is 1.53. The van der Waals surface area contributed by atoms with E-state index in [2.05, 4.69) is 12.2 Å². The molecule has 1 aromatic heterocycles. The third kappa shape index (κ3) is 3.51. The second kappa shape index (κ2) is 6.41.